The zero-order valence-electron chi connectivity index (χ0n) is 20.3. The summed E-state index contributed by atoms with van der Waals surface area (Å²) in [4.78, 5) is 51.8. The zero-order chi connectivity index (χ0) is 25.8. The minimum Gasteiger partial charge on any atom is -0.467 e. The smallest absolute Gasteiger partial charge is 0.332 e. The molecule has 0 aliphatic heterocycles. The summed E-state index contributed by atoms with van der Waals surface area (Å²) < 4.78 is 7.72. The average molecular weight is 501 g/mol. The lowest BCUT2D eigenvalue weighted by molar-refractivity contribution is -0.122. The summed E-state index contributed by atoms with van der Waals surface area (Å²) in [5.74, 6) is 0.143. The Hall–Kier alpha value is -4.40. The van der Waals surface area contributed by atoms with E-state index in [9.17, 15) is 19.2 Å². The molecule has 9 nitrogen and oxygen atoms in total. The Labute approximate surface area is 212 Å². The molecule has 2 amide bonds. The van der Waals surface area contributed by atoms with Crippen LogP contribution in [-0.4, -0.2) is 27.0 Å². The van der Waals surface area contributed by atoms with E-state index in [1.807, 2.05) is 0 Å². The number of benzene rings is 2. The van der Waals surface area contributed by atoms with E-state index < -0.39 is 11.2 Å². The van der Waals surface area contributed by atoms with Crippen LogP contribution in [0.15, 0.2) is 80.9 Å². The summed E-state index contributed by atoms with van der Waals surface area (Å²) >= 11 is 0. The van der Waals surface area contributed by atoms with E-state index in [-0.39, 0.29) is 37.5 Å². The number of fused-ring (bicyclic) bond motifs is 1. The van der Waals surface area contributed by atoms with Crippen LogP contribution in [0, 0.1) is 0 Å². The Morgan fingerprint density at radius 3 is 2.41 bits per heavy atom. The fraction of sp³-hybridized carbons (Fsp3) is 0.286. The molecule has 2 aromatic carbocycles. The molecule has 37 heavy (non-hydrogen) atoms. The highest BCUT2D eigenvalue weighted by Crippen LogP contribution is 2.17. The van der Waals surface area contributed by atoms with Gasteiger partial charge in [0.2, 0.25) is 5.91 Å². The van der Waals surface area contributed by atoms with E-state index in [4.69, 9.17) is 4.42 Å². The maximum absolute atomic E-state index is 13.4. The molecule has 4 aromatic rings. The Morgan fingerprint density at radius 1 is 0.919 bits per heavy atom. The summed E-state index contributed by atoms with van der Waals surface area (Å²) in [7, 11) is 0. The van der Waals surface area contributed by atoms with Crippen molar-refractivity contribution < 1.29 is 14.0 Å². The van der Waals surface area contributed by atoms with Crippen LogP contribution in [0.1, 0.15) is 47.4 Å². The summed E-state index contributed by atoms with van der Waals surface area (Å²) in [5, 5.41) is 6.16. The number of nitrogens with one attached hydrogen (secondary N) is 2. The van der Waals surface area contributed by atoms with Crippen molar-refractivity contribution >= 4 is 22.7 Å². The molecule has 2 aromatic heterocycles. The summed E-state index contributed by atoms with van der Waals surface area (Å²) in [6.45, 7) is 0.125. The first-order valence-corrected chi connectivity index (χ1v) is 12.4. The minimum absolute atomic E-state index is 0.0149. The van der Waals surface area contributed by atoms with Crippen LogP contribution in [0.3, 0.4) is 0 Å². The van der Waals surface area contributed by atoms with Crippen molar-refractivity contribution in [3.63, 3.8) is 0 Å². The minimum atomic E-state index is -0.550. The van der Waals surface area contributed by atoms with Gasteiger partial charge in [0.05, 0.1) is 30.3 Å². The monoisotopic (exact) mass is 500 g/mol. The van der Waals surface area contributed by atoms with Crippen LogP contribution in [0.4, 0.5) is 0 Å². The molecule has 0 atom stereocenters. The van der Waals surface area contributed by atoms with Gasteiger partial charge >= 0.3 is 5.69 Å². The van der Waals surface area contributed by atoms with Crippen molar-refractivity contribution in [2.75, 3.05) is 0 Å². The lowest BCUT2D eigenvalue weighted by Gasteiger charge is -2.16. The van der Waals surface area contributed by atoms with E-state index >= 15 is 0 Å². The van der Waals surface area contributed by atoms with Gasteiger partial charge in [-0.1, -0.05) is 37.1 Å². The second kappa shape index (κ2) is 10.7. The van der Waals surface area contributed by atoms with Crippen molar-refractivity contribution in [1.82, 2.24) is 19.8 Å². The van der Waals surface area contributed by atoms with Gasteiger partial charge in [-0.05, 0) is 54.8 Å². The first kappa shape index (κ1) is 24.3. The molecule has 0 bridgehead atoms. The number of hydrogen-bond acceptors (Lipinski definition) is 5. The number of carbonyl (C=O) groups excluding carboxylic acids is 2. The lowest BCUT2D eigenvalue weighted by Crippen LogP contribution is -2.44. The van der Waals surface area contributed by atoms with Gasteiger partial charge in [-0.3, -0.25) is 23.5 Å². The fourth-order valence-electron chi connectivity index (χ4n) is 4.78. The van der Waals surface area contributed by atoms with Gasteiger partial charge in [0.15, 0.2) is 0 Å². The van der Waals surface area contributed by atoms with Crippen molar-refractivity contribution in [2.45, 2.75) is 51.4 Å². The highest BCUT2D eigenvalue weighted by molar-refractivity contribution is 5.94. The highest BCUT2D eigenvalue weighted by atomic mass is 16.3. The van der Waals surface area contributed by atoms with E-state index in [0.717, 1.165) is 30.3 Å². The average Bonchev–Trinajstić information content (AvgIpc) is 3.63. The number of para-hydroxylation sites is 1. The molecule has 2 heterocycles. The molecular weight excluding hydrogens is 472 g/mol. The van der Waals surface area contributed by atoms with Gasteiger partial charge in [-0.25, -0.2) is 4.79 Å². The molecule has 2 N–H and O–H groups in total. The Morgan fingerprint density at radius 2 is 1.68 bits per heavy atom. The third-order valence-corrected chi connectivity index (χ3v) is 6.71. The molecule has 1 fully saturated rings. The third-order valence-electron chi connectivity index (χ3n) is 6.71. The maximum Gasteiger partial charge on any atom is 0.332 e. The number of rotatable bonds is 8. The number of furan rings is 1. The molecule has 0 unspecified atom stereocenters. The van der Waals surface area contributed by atoms with Gasteiger partial charge < -0.3 is 15.1 Å². The number of hydrogen-bond donors (Lipinski definition) is 2. The van der Waals surface area contributed by atoms with Gasteiger partial charge in [-0.2, -0.15) is 0 Å². The van der Waals surface area contributed by atoms with E-state index in [2.05, 4.69) is 10.6 Å². The fourth-order valence-corrected chi connectivity index (χ4v) is 4.78. The number of carbonyl (C=O) groups is 2. The first-order chi connectivity index (χ1) is 18.0. The largest absolute Gasteiger partial charge is 0.467 e. The third kappa shape index (κ3) is 5.40. The number of aromatic nitrogens is 2. The van der Waals surface area contributed by atoms with E-state index in [1.54, 1.807) is 66.9 Å². The highest BCUT2D eigenvalue weighted by Gasteiger charge is 2.20. The summed E-state index contributed by atoms with van der Waals surface area (Å²) in [6.07, 6.45) is 5.60. The van der Waals surface area contributed by atoms with Gasteiger partial charge in [0, 0.05) is 11.6 Å². The van der Waals surface area contributed by atoms with Crippen molar-refractivity contribution in [1.29, 1.82) is 0 Å². The van der Waals surface area contributed by atoms with Gasteiger partial charge in [0.25, 0.3) is 11.5 Å². The molecule has 0 saturated heterocycles. The Bertz CT molecular complexity index is 1530. The predicted molar refractivity (Wildman–Crippen MR) is 138 cm³/mol. The molecular formula is C28H28N4O5. The van der Waals surface area contributed by atoms with Crippen LogP contribution < -0.4 is 21.9 Å². The normalized spacial score (nSPS) is 13.6. The maximum atomic E-state index is 13.4. The quantitative estimate of drug-likeness (QED) is 0.386. The second-order valence-electron chi connectivity index (χ2n) is 9.29. The van der Waals surface area contributed by atoms with Crippen molar-refractivity contribution in [2.24, 2.45) is 0 Å². The standard InChI is InChI=1S/C28H28N4O5/c33-25(30-21-6-1-2-7-21)18-31-24-10-4-3-9-23(24)27(35)32(28(31)36)17-19-11-13-20(14-12-19)26(34)29-16-22-8-5-15-37-22/h3-5,8-15,21H,1-2,6-7,16-18H2,(H,29,34)(H,30,33). The van der Waals surface area contributed by atoms with Crippen molar-refractivity contribution in [3.05, 3.63) is 105 Å². The Balaban J connectivity index is 1.38. The molecule has 9 heteroatoms. The predicted octanol–water partition coefficient (Wildman–Crippen LogP) is 2.79. The summed E-state index contributed by atoms with van der Waals surface area (Å²) in [6, 6.07) is 17.2. The van der Waals surface area contributed by atoms with E-state index in [0.29, 0.717) is 27.8 Å². The first-order valence-electron chi connectivity index (χ1n) is 12.4. The van der Waals surface area contributed by atoms with Crippen LogP contribution >= 0.6 is 0 Å². The zero-order valence-corrected chi connectivity index (χ0v) is 20.3. The molecule has 0 radical (unpaired) electrons. The van der Waals surface area contributed by atoms with Crippen molar-refractivity contribution in [3.8, 4) is 0 Å². The number of nitrogens with zero attached hydrogens (tertiary/aromatic N) is 2. The van der Waals surface area contributed by atoms with Gasteiger partial charge in [0.1, 0.15) is 12.3 Å². The molecule has 1 aliphatic rings. The van der Waals surface area contributed by atoms with E-state index in [1.165, 1.54) is 4.57 Å². The SMILES string of the molecule is O=C(Cn1c(=O)n(Cc2ccc(C(=O)NCc3ccco3)cc2)c(=O)c2ccccc21)NC1CCCC1. The van der Waals surface area contributed by atoms with Crippen LogP contribution in [0.25, 0.3) is 10.9 Å². The molecule has 5 rings (SSSR count). The molecule has 0 spiro atoms. The second-order valence-corrected chi connectivity index (χ2v) is 9.29. The van der Waals surface area contributed by atoms with Crippen LogP contribution in [-0.2, 0) is 24.4 Å². The summed E-state index contributed by atoms with van der Waals surface area (Å²) in [5.41, 5.74) is 0.582. The molecule has 190 valence electrons. The number of amides is 2. The van der Waals surface area contributed by atoms with Gasteiger partial charge in [-0.15, -0.1) is 0 Å². The van der Waals surface area contributed by atoms with Crippen LogP contribution in [0.2, 0.25) is 0 Å². The lowest BCUT2D eigenvalue weighted by atomic mass is 10.1. The molecule has 1 aliphatic carbocycles. The molecule has 1 saturated carbocycles. The Kier molecular flexibility index (Phi) is 7.02. The topological polar surface area (TPSA) is 115 Å². The van der Waals surface area contributed by atoms with Crippen LogP contribution in [0.5, 0.6) is 0 Å².